The first-order valence-electron chi connectivity index (χ1n) is 6.44. The number of hydrogen-bond acceptors (Lipinski definition) is 4. The topological polar surface area (TPSA) is 82.8 Å². The fourth-order valence-corrected chi connectivity index (χ4v) is 2.06. The number of likely N-dealkylation sites (tertiary alicyclic amines) is 1. The van der Waals surface area contributed by atoms with E-state index in [0.717, 1.165) is 0 Å². The Balaban J connectivity index is 1.62. The fraction of sp³-hybridized carbons (Fsp3) is 0.538. The van der Waals surface area contributed by atoms with Gasteiger partial charge in [-0.3, -0.25) is 9.59 Å². The molecule has 1 aromatic rings. The average molecular weight is 266 g/mol. The first kappa shape index (κ1) is 13.6. The summed E-state index contributed by atoms with van der Waals surface area (Å²) in [7, 11) is 0. The van der Waals surface area contributed by atoms with Gasteiger partial charge in [0.05, 0.1) is 12.4 Å². The van der Waals surface area contributed by atoms with Gasteiger partial charge in [0.2, 0.25) is 5.91 Å². The molecule has 104 valence electrons. The van der Waals surface area contributed by atoms with E-state index in [1.807, 2.05) is 0 Å². The lowest BCUT2D eigenvalue weighted by atomic mass is 10.2. The number of nitrogens with zero attached hydrogens (tertiary/aromatic N) is 1. The molecule has 0 aromatic carbocycles. The third kappa shape index (κ3) is 3.82. The lowest BCUT2D eigenvalue weighted by Crippen LogP contribution is -2.30. The number of carbonyl (C=O) groups is 2. The first-order chi connectivity index (χ1) is 9.16. The molecule has 2 N–H and O–H groups in total. The maximum atomic E-state index is 11.7. The number of nitrogens with one attached hydrogen (secondary N) is 1. The molecule has 1 unspecified atom stereocenters. The molecule has 2 heterocycles. The van der Waals surface area contributed by atoms with Crippen molar-refractivity contribution in [2.75, 3.05) is 19.6 Å². The lowest BCUT2D eigenvalue weighted by Gasteiger charge is -2.15. The van der Waals surface area contributed by atoms with E-state index < -0.39 is 0 Å². The Morgan fingerprint density at radius 2 is 2.37 bits per heavy atom. The van der Waals surface area contributed by atoms with E-state index in [-0.39, 0.29) is 23.7 Å². The minimum Gasteiger partial charge on any atom is -0.459 e. The van der Waals surface area contributed by atoms with Crippen LogP contribution in [0.2, 0.25) is 0 Å². The number of carbonyl (C=O) groups excluding carboxylic acids is 2. The van der Waals surface area contributed by atoms with Gasteiger partial charge >= 0.3 is 0 Å². The van der Waals surface area contributed by atoms with Crippen LogP contribution in [0.5, 0.6) is 0 Å². The minimum atomic E-state index is -0.386. The molecule has 1 fully saturated rings. The Kier molecular flexibility index (Phi) is 4.57. The van der Waals surface area contributed by atoms with Crippen molar-refractivity contribution in [2.45, 2.75) is 25.4 Å². The molecule has 1 aliphatic heterocycles. The van der Waals surface area contributed by atoms with Crippen LogP contribution in [0.4, 0.5) is 0 Å². The highest BCUT2D eigenvalue weighted by molar-refractivity contribution is 5.91. The van der Waals surface area contributed by atoms with Crippen LogP contribution in [0.25, 0.3) is 0 Å². The molecule has 0 spiro atoms. The number of rotatable bonds is 5. The smallest absolute Gasteiger partial charge is 0.286 e. The molecule has 2 rings (SSSR count). The first-order valence-corrected chi connectivity index (χ1v) is 6.44. The Labute approximate surface area is 111 Å². The third-order valence-corrected chi connectivity index (χ3v) is 3.11. The lowest BCUT2D eigenvalue weighted by molar-refractivity contribution is -0.130. The van der Waals surface area contributed by atoms with Crippen LogP contribution in [0.1, 0.15) is 29.8 Å². The van der Waals surface area contributed by atoms with Gasteiger partial charge in [-0.15, -0.1) is 0 Å². The van der Waals surface area contributed by atoms with Crippen molar-refractivity contribution in [1.82, 2.24) is 10.2 Å². The Morgan fingerprint density at radius 3 is 3.00 bits per heavy atom. The van der Waals surface area contributed by atoms with Crippen LogP contribution in [0, 0.1) is 0 Å². The predicted octanol–water partition coefficient (Wildman–Crippen LogP) is 0.383. The van der Waals surface area contributed by atoms with Gasteiger partial charge in [-0.05, 0) is 25.0 Å². The van der Waals surface area contributed by atoms with E-state index in [0.29, 0.717) is 38.9 Å². The molecule has 6 heteroatoms. The van der Waals surface area contributed by atoms with Crippen LogP contribution < -0.4 is 5.32 Å². The second-order valence-corrected chi connectivity index (χ2v) is 4.62. The zero-order chi connectivity index (χ0) is 13.7. The van der Waals surface area contributed by atoms with Crippen LogP contribution in [0.3, 0.4) is 0 Å². The van der Waals surface area contributed by atoms with E-state index in [9.17, 15) is 14.7 Å². The standard InChI is InChI=1S/C13H18N2O4/c16-10-5-7-15(9-10)12(17)4-1-6-14-13(18)11-3-2-8-19-11/h2-3,8,10,16H,1,4-7,9H2,(H,14,18). The van der Waals surface area contributed by atoms with E-state index in [1.165, 1.54) is 6.26 Å². The summed E-state index contributed by atoms with van der Waals surface area (Å²) in [6, 6.07) is 3.24. The fourth-order valence-electron chi connectivity index (χ4n) is 2.06. The number of aliphatic hydroxyl groups excluding tert-OH is 1. The van der Waals surface area contributed by atoms with Gasteiger partial charge in [0.15, 0.2) is 5.76 Å². The highest BCUT2D eigenvalue weighted by Crippen LogP contribution is 2.10. The Morgan fingerprint density at radius 1 is 1.53 bits per heavy atom. The van der Waals surface area contributed by atoms with Crippen molar-refractivity contribution in [2.24, 2.45) is 0 Å². The number of aliphatic hydroxyl groups is 1. The Bertz CT molecular complexity index is 430. The van der Waals surface area contributed by atoms with Gasteiger partial charge in [0, 0.05) is 26.1 Å². The quantitative estimate of drug-likeness (QED) is 0.755. The van der Waals surface area contributed by atoms with Gasteiger partial charge in [-0.25, -0.2) is 0 Å². The van der Waals surface area contributed by atoms with E-state index in [1.54, 1.807) is 17.0 Å². The molecule has 2 amide bonds. The summed E-state index contributed by atoms with van der Waals surface area (Å²) in [4.78, 5) is 24.9. The number of hydrogen-bond donors (Lipinski definition) is 2. The largest absolute Gasteiger partial charge is 0.459 e. The van der Waals surface area contributed by atoms with Crippen molar-refractivity contribution in [3.05, 3.63) is 24.2 Å². The number of furan rings is 1. The van der Waals surface area contributed by atoms with Crippen LogP contribution in [0.15, 0.2) is 22.8 Å². The third-order valence-electron chi connectivity index (χ3n) is 3.11. The van der Waals surface area contributed by atoms with Crippen molar-refractivity contribution in [1.29, 1.82) is 0 Å². The molecule has 6 nitrogen and oxygen atoms in total. The van der Waals surface area contributed by atoms with Gasteiger partial charge in [0.25, 0.3) is 5.91 Å². The molecule has 1 aromatic heterocycles. The maximum Gasteiger partial charge on any atom is 0.286 e. The van der Waals surface area contributed by atoms with Gasteiger partial charge < -0.3 is 19.7 Å². The van der Waals surface area contributed by atoms with E-state index >= 15 is 0 Å². The molecule has 0 bridgehead atoms. The number of β-amino-alcohol motifs (C(OH)–C–C–N with tert-alkyl or cyclic N) is 1. The summed E-state index contributed by atoms with van der Waals surface area (Å²) in [5, 5.41) is 12.0. The molecular weight excluding hydrogens is 248 g/mol. The highest BCUT2D eigenvalue weighted by atomic mass is 16.3. The van der Waals surface area contributed by atoms with Crippen molar-refractivity contribution >= 4 is 11.8 Å². The van der Waals surface area contributed by atoms with Gasteiger partial charge in [-0.2, -0.15) is 0 Å². The molecule has 1 saturated heterocycles. The zero-order valence-electron chi connectivity index (χ0n) is 10.7. The van der Waals surface area contributed by atoms with Crippen LogP contribution >= 0.6 is 0 Å². The van der Waals surface area contributed by atoms with Crippen molar-refractivity contribution < 1.29 is 19.1 Å². The maximum absolute atomic E-state index is 11.7. The normalized spacial score (nSPS) is 18.6. The van der Waals surface area contributed by atoms with Crippen molar-refractivity contribution in [3.8, 4) is 0 Å². The molecule has 0 saturated carbocycles. The summed E-state index contributed by atoms with van der Waals surface area (Å²) in [5.74, 6) is 0.0341. The number of amides is 2. The molecule has 0 aliphatic carbocycles. The SMILES string of the molecule is O=C(NCCCC(=O)N1CCC(O)C1)c1ccco1. The predicted molar refractivity (Wildman–Crippen MR) is 67.5 cm³/mol. The van der Waals surface area contributed by atoms with E-state index in [2.05, 4.69) is 5.32 Å². The zero-order valence-corrected chi connectivity index (χ0v) is 10.7. The second-order valence-electron chi connectivity index (χ2n) is 4.62. The second kappa shape index (κ2) is 6.38. The minimum absolute atomic E-state index is 0.0313. The highest BCUT2D eigenvalue weighted by Gasteiger charge is 2.23. The molecule has 1 aliphatic rings. The molecule has 1 atom stereocenters. The molecule has 0 radical (unpaired) electrons. The molecular formula is C13H18N2O4. The van der Waals surface area contributed by atoms with Gasteiger partial charge in [0.1, 0.15) is 0 Å². The molecule has 19 heavy (non-hydrogen) atoms. The van der Waals surface area contributed by atoms with Crippen LogP contribution in [-0.2, 0) is 4.79 Å². The summed E-state index contributed by atoms with van der Waals surface area (Å²) >= 11 is 0. The van der Waals surface area contributed by atoms with Gasteiger partial charge in [-0.1, -0.05) is 0 Å². The summed E-state index contributed by atoms with van der Waals surface area (Å²) in [6.07, 6.45) is 2.67. The van der Waals surface area contributed by atoms with E-state index in [4.69, 9.17) is 4.42 Å². The monoisotopic (exact) mass is 266 g/mol. The average Bonchev–Trinajstić information content (AvgIpc) is 3.04. The summed E-state index contributed by atoms with van der Waals surface area (Å²) < 4.78 is 4.95. The summed E-state index contributed by atoms with van der Waals surface area (Å²) in [5.41, 5.74) is 0. The Hall–Kier alpha value is -1.82. The van der Waals surface area contributed by atoms with Crippen molar-refractivity contribution in [3.63, 3.8) is 0 Å². The summed E-state index contributed by atoms with van der Waals surface area (Å²) in [6.45, 7) is 1.48. The van der Waals surface area contributed by atoms with Crippen LogP contribution in [-0.4, -0.2) is 47.6 Å².